The van der Waals surface area contributed by atoms with E-state index in [0.717, 1.165) is 22.8 Å². The van der Waals surface area contributed by atoms with Crippen LogP contribution in [0.5, 0.6) is 0 Å². The van der Waals surface area contributed by atoms with Gasteiger partial charge in [-0.05, 0) is 37.0 Å². The van der Waals surface area contributed by atoms with Crippen molar-refractivity contribution in [1.29, 1.82) is 0 Å². The first-order chi connectivity index (χ1) is 9.42. The maximum Gasteiger partial charge on any atom is 0.138 e. The second-order valence-corrected chi connectivity index (χ2v) is 5.78. The van der Waals surface area contributed by atoms with Crippen LogP contribution in [0.15, 0.2) is 29.1 Å². The van der Waals surface area contributed by atoms with Crippen LogP contribution >= 0.6 is 23.7 Å². The summed E-state index contributed by atoms with van der Waals surface area (Å²) in [6.45, 7) is 0.656. The SMILES string of the molecule is Cl.c1coc(CNc2ncnc3sc4c(c23)CCC4)c1. The summed E-state index contributed by atoms with van der Waals surface area (Å²) in [5.74, 6) is 1.85. The molecule has 4 rings (SSSR count). The van der Waals surface area contributed by atoms with E-state index >= 15 is 0 Å². The van der Waals surface area contributed by atoms with E-state index in [1.54, 1.807) is 12.6 Å². The first-order valence-electron chi connectivity index (χ1n) is 6.43. The van der Waals surface area contributed by atoms with E-state index in [2.05, 4.69) is 15.3 Å². The predicted octanol–water partition coefficient (Wildman–Crippen LogP) is 3.81. The summed E-state index contributed by atoms with van der Waals surface area (Å²) in [7, 11) is 0. The lowest BCUT2D eigenvalue weighted by atomic mass is 10.2. The minimum Gasteiger partial charge on any atom is -0.467 e. The molecule has 6 heteroatoms. The second-order valence-electron chi connectivity index (χ2n) is 4.69. The molecule has 0 bridgehead atoms. The third kappa shape index (κ3) is 2.17. The molecule has 0 saturated carbocycles. The van der Waals surface area contributed by atoms with Crippen molar-refractivity contribution in [1.82, 2.24) is 9.97 Å². The molecule has 1 N–H and O–H groups in total. The Morgan fingerprint density at radius 1 is 1.30 bits per heavy atom. The highest BCUT2D eigenvalue weighted by Crippen LogP contribution is 2.39. The van der Waals surface area contributed by atoms with Gasteiger partial charge in [-0.25, -0.2) is 9.97 Å². The van der Waals surface area contributed by atoms with Crippen LogP contribution in [0.25, 0.3) is 10.2 Å². The van der Waals surface area contributed by atoms with Gasteiger partial charge in [0.25, 0.3) is 0 Å². The number of aryl methyl sites for hydroxylation is 2. The number of fused-ring (bicyclic) bond motifs is 3. The van der Waals surface area contributed by atoms with E-state index in [4.69, 9.17) is 4.42 Å². The Balaban J connectivity index is 0.00000121. The van der Waals surface area contributed by atoms with E-state index in [1.807, 2.05) is 23.5 Å². The van der Waals surface area contributed by atoms with Gasteiger partial charge in [-0.1, -0.05) is 0 Å². The molecule has 104 valence electrons. The average Bonchev–Trinajstić information content (AvgIpc) is 3.12. The van der Waals surface area contributed by atoms with Gasteiger partial charge in [0.1, 0.15) is 22.7 Å². The zero-order valence-electron chi connectivity index (χ0n) is 10.8. The van der Waals surface area contributed by atoms with Crippen LogP contribution < -0.4 is 5.32 Å². The van der Waals surface area contributed by atoms with Gasteiger partial charge in [-0.2, -0.15) is 0 Å². The van der Waals surface area contributed by atoms with Crippen molar-refractivity contribution in [3.05, 3.63) is 40.9 Å². The van der Waals surface area contributed by atoms with Crippen LogP contribution in [-0.4, -0.2) is 9.97 Å². The largest absolute Gasteiger partial charge is 0.467 e. The number of thiophene rings is 1. The molecule has 0 amide bonds. The summed E-state index contributed by atoms with van der Waals surface area (Å²) >= 11 is 1.81. The topological polar surface area (TPSA) is 51.0 Å². The minimum absolute atomic E-state index is 0. The van der Waals surface area contributed by atoms with Crippen LogP contribution in [0, 0.1) is 0 Å². The molecule has 1 aliphatic carbocycles. The number of aromatic nitrogens is 2. The van der Waals surface area contributed by atoms with E-state index in [0.29, 0.717) is 6.54 Å². The number of rotatable bonds is 3. The van der Waals surface area contributed by atoms with Crippen LogP contribution in [-0.2, 0) is 19.4 Å². The highest BCUT2D eigenvalue weighted by Gasteiger charge is 2.20. The number of furan rings is 1. The van der Waals surface area contributed by atoms with Gasteiger partial charge in [0.15, 0.2) is 0 Å². The Morgan fingerprint density at radius 3 is 3.10 bits per heavy atom. The van der Waals surface area contributed by atoms with Crippen molar-refractivity contribution in [3.63, 3.8) is 0 Å². The molecule has 0 saturated heterocycles. The van der Waals surface area contributed by atoms with Crippen LogP contribution in [0.2, 0.25) is 0 Å². The molecule has 0 fully saturated rings. The molecule has 3 aromatic heterocycles. The molecule has 0 spiro atoms. The Labute approximate surface area is 126 Å². The Kier molecular flexibility index (Phi) is 3.63. The fraction of sp³-hybridized carbons (Fsp3) is 0.286. The van der Waals surface area contributed by atoms with E-state index in [-0.39, 0.29) is 12.4 Å². The summed E-state index contributed by atoms with van der Waals surface area (Å²) in [4.78, 5) is 11.4. The predicted molar refractivity (Wildman–Crippen MR) is 82.7 cm³/mol. The highest BCUT2D eigenvalue weighted by molar-refractivity contribution is 7.19. The molecule has 3 heterocycles. The number of hydrogen-bond donors (Lipinski definition) is 1. The van der Waals surface area contributed by atoms with Crippen molar-refractivity contribution < 1.29 is 4.42 Å². The quantitative estimate of drug-likeness (QED) is 0.799. The molecule has 20 heavy (non-hydrogen) atoms. The highest BCUT2D eigenvalue weighted by atomic mass is 35.5. The number of nitrogens with zero attached hydrogens (tertiary/aromatic N) is 2. The minimum atomic E-state index is 0. The summed E-state index contributed by atoms with van der Waals surface area (Å²) in [6.07, 6.45) is 6.92. The number of halogens is 1. The van der Waals surface area contributed by atoms with Gasteiger partial charge in [-0.15, -0.1) is 23.7 Å². The van der Waals surface area contributed by atoms with Crippen LogP contribution in [0.4, 0.5) is 5.82 Å². The van der Waals surface area contributed by atoms with E-state index < -0.39 is 0 Å². The molecule has 0 atom stereocenters. The molecule has 3 aromatic rings. The fourth-order valence-electron chi connectivity index (χ4n) is 2.65. The standard InChI is InChI=1S/C14H13N3OS.ClH/c1-4-10-11(5-1)19-14-12(10)13(16-8-17-14)15-7-9-3-2-6-18-9;/h2-3,6,8H,1,4-5,7H2,(H,15,16,17);1H. The van der Waals surface area contributed by atoms with Crippen molar-refractivity contribution in [2.45, 2.75) is 25.8 Å². The van der Waals surface area contributed by atoms with Gasteiger partial charge < -0.3 is 9.73 Å². The number of nitrogens with one attached hydrogen (secondary N) is 1. The number of hydrogen-bond acceptors (Lipinski definition) is 5. The van der Waals surface area contributed by atoms with Gasteiger partial charge in [0.05, 0.1) is 18.2 Å². The zero-order chi connectivity index (χ0) is 12.7. The van der Waals surface area contributed by atoms with Crippen LogP contribution in [0.3, 0.4) is 0 Å². The third-order valence-corrected chi connectivity index (χ3v) is 4.71. The van der Waals surface area contributed by atoms with Gasteiger partial charge in [0.2, 0.25) is 0 Å². The summed E-state index contributed by atoms with van der Waals surface area (Å²) in [5, 5.41) is 4.58. The summed E-state index contributed by atoms with van der Waals surface area (Å²) in [6, 6.07) is 3.86. The van der Waals surface area contributed by atoms with Crippen molar-refractivity contribution in [2.24, 2.45) is 0 Å². The van der Waals surface area contributed by atoms with E-state index in [1.165, 1.54) is 28.7 Å². The molecule has 1 aliphatic rings. The maximum atomic E-state index is 5.34. The maximum absolute atomic E-state index is 5.34. The summed E-state index contributed by atoms with van der Waals surface area (Å²) in [5.41, 5.74) is 1.45. The Hall–Kier alpha value is -1.59. The Morgan fingerprint density at radius 2 is 2.25 bits per heavy atom. The van der Waals surface area contributed by atoms with Gasteiger partial charge in [-0.3, -0.25) is 0 Å². The fourth-order valence-corrected chi connectivity index (χ4v) is 3.88. The average molecular weight is 308 g/mol. The van der Waals surface area contributed by atoms with Gasteiger partial charge >= 0.3 is 0 Å². The molecule has 0 aliphatic heterocycles. The molecular weight excluding hydrogens is 294 g/mol. The first kappa shape index (κ1) is 13.4. The summed E-state index contributed by atoms with van der Waals surface area (Å²) < 4.78 is 5.34. The second kappa shape index (κ2) is 5.42. The molecular formula is C14H14ClN3OS. The van der Waals surface area contributed by atoms with Crippen molar-refractivity contribution in [2.75, 3.05) is 5.32 Å². The lowest BCUT2D eigenvalue weighted by Gasteiger charge is -2.05. The lowest BCUT2D eigenvalue weighted by Crippen LogP contribution is -2.01. The first-order valence-corrected chi connectivity index (χ1v) is 7.25. The van der Waals surface area contributed by atoms with Crippen molar-refractivity contribution >= 4 is 39.8 Å². The molecule has 0 unspecified atom stereocenters. The molecule has 4 nitrogen and oxygen atoms in total. The number of anilines is 1. The normalized spacial score (nSPS) is 13.2. The van der Waals surface area contributed by atoms with Crippen molar-refractivity contribution in [3.8, 4) is 0 Å². The van der Waals surface area contributed by atoms with Gasteiger partial charge in [0, 0.05) is 4.88 Å². The molecule has 0 radical (unpaired) electrons. The van der Waals surface area contributed by atoms with Crippen LogP contribution in [0.1, 0.15) is 22.6 Å². The van der Waals surface area contributed by atoms with E-state index in [9.17, 15) is 0 Å². The Bertz CT molecular complexity index is 723. The smallest absolute Gasteiger partial charge is 0.138 e. The lowest BCUT2D eigenvalue weighted by molar-refractivity contribution is 0.518. The molecule has 0 aromatic carbocycles. The monoisotopic (exact) mass is 307 g/mol. The third-order valence-electron chi connectivity index (χ3n) is 3.51. The zero-order valence-corrected chi connectivity index (χ0v) is 12.4.